The van der Waals surface area contributed by atoms with Crippen LogP contribution in [0.3, 0.4) is 0 Å². The molecule has 0 spiro atoms. The average Bonchev–Trinajstić information content (AvgIpc) is 3.12. The summed E-state index contributed by atoms with van der Waals surface area (Å²) >= 11 is 3.03. The molecule has 1 aromatic rings. The van der Waals surface area contributed by atoms with Gasteiger partial charge in [0.2, 0.25) is 5.91 Å². The van der Waals surface area contributed by atoms with E-state index >= 15 is 0 Å². The molecule has 3 rings (SSSR count). The Hall–Kier alpha value is -2.37. The first-order chi connectivity index (χ1) is 16.6. The van der Waals surface area contributed by atoms with Gasteiger partial charge in [0.05, 0.1) is 9.10 Å². The van der Waals surface area contributed by atoms with Gasteiger partial charge in [-0.25, -0.2) is 13.2 Å². The number of fused-ring (bicyclic) bond motifs is 1. The van der Waals surface area contributed by atoms with Gasteiger partial charge in [0, 0.05) is 29.3 Å². The predicted molar refractivity (Wildman–Crippen MR) is 143 cm³/mol. The Labute approximate surface area is 215 Å². The SMILES string of the molecule is CCCCCC(=O)NCCCSc1sc(C)c(C)n2c(=O)nc(NS(=O)(=O)c3ccc(C)cc3)c1-2. The zero-order valence-electron chi connectivity index (χ0n) is 20.5. The highest BCUT2D eigenvalue weighted by Gasteiger charge is 2.26. The summed E-state index contributed by atoms with van der Waals surface area (Å²) in [6, 6.07) is 6.49. The fourth-order valence-electron chi connectivity index (χ4n) is 3.48. The van der Waals surface area contributed by atoms with Gasteiger partial charge in [-0.1, -0.05) is 37.5 Å². The lowest BCUT2D eigenvalue weighted by Gasteiger charge is -2.16. The second kappa shape index (κ2) is 12.0. The molecule has 1 aromatic carbocycles. The number of unbranched alkanes of at least 4 members (excludes halogenated alkanes) is 2. The van der Waals surface area contributed by atoms with Crippen molar-refractivity contribution in [2.75, 3.05) is 17.0 Å². The van der Waals surface area contributed by atoms with Gasteiger partial charge in [-0.05, 0) is 45.7 Å². The van der Waals surface area contributed by atoms with Gasteiger partial charge in [-0.15, -0.1) is 23.1 Å². The number of aromatic nitrogens is 2. The van der Waals surface area contributed by atoms with E-state index in [1.807, 2.05) is 20.8 Å². The number of sulfonamides is 1. The van der Waals surface area contributed by atoms with Crippen LogP contribution in [0, 0.1) is 20.8 Å². The number of anilines is 1. The quantitative estimate of drug-likeness (QED) is 0.258. The molecule has 0 saturated carbocycles. The maximum atomic E-state index is 13.0. The molecule has 0 aromatic heterocycles. The van der Waals surface area contributed by atoms with E-state index in [0.29, 0.717) is 24.4 Å². The smallest absolute Gasteiger partial charge is 0.354 e. The Balaban J connectivity index is 1.77. The molecular formula is C24H32N4O4S3. The molecule has 0 atom stereocenters. The lowest BCUT2D eigenvalue weighted by atomic mass is 10.2. The number of hydrogen-bond donors (Lipinski definition) is 2. The first kappa shape index (κ1) is 27.2. The highest BCUT2D eigenvalue weighted by Crippen LogP contribution is 2.38. The van der Waals surface area contributed by atoms with E-state index < -0.39 is 15.7 Å². The Kier molecular flexibility index (Phi) is 9.37. The van der Waals surface area contributed by atoms with Crippen molar-refractivity contribution < 1.29 is 13.2 Å². The summed E-state index contributed by atoms with van der Waals surface area (Å²) in [4.78, 5) is 29.7. The topological polar surface area (TPSA) is 110 Å². The molecule has 0 fully saturated rings. The van der Waals surface area contributed by atoms with Crippen molar-refractivity contribution in [2.45, 2.75) is 68.9 Å². The molecule has 35 heavy (non-hydrogen) atoms. The third-order valence-electron chi connectivity index (χ3n) is 5.58. The van der Waals surface area contributed by atoms with Crippen LogP contribution < -0.4 is 15.7 Å². The minimum Gasteiger partial charge on any atom is -0.356 e. The van der Waals surface area contributed by atoms with Gasteiger partial charge in [-0.2, -0.15) is 4.98 Å². The van der Waals surface area contributed by atoms with Crippen LogP contribution in [-0.4, -0.2) is 36.2 Å². The van der Waals surface area contributed by atoms with E-state index in [1.165, 1.54) is 39.8 Å². The molecule has 0 aliphatic carbocycles. The normalized spacial score (nSPS) is 11.7. The number of benzene rings is 1. The molecule has 2 aliphatic rings. The Bertz CT molecular complexity index is 1300. The molecule has 11 heteroatoms. The number of amides is 1. The van der Waals surface area contributed by atoms with Gasteiger partial charge in [-0.3, -0.25) is 14.1 Å². The molecule has 0 unspecified atom stereocenters. The highest BCUT2D eigenvalue weighted by molar-refractivity contribution is 8.01. The first-order valence-corrected chi connectivity index (χ1v) is 14.9. The lowest BCUT2D eigenvalue weighted by Crippen LogP contribution is -2.24. The van der Waals surface area contributed by atoms with Crippen LogP contribution in [-0.2, 0) is 14.8 Å². The summed E-state index contributed by atoms with van der Waals surface area (Å²) in [5.74, 6) is 0.800. The highest BCUT2D eigenvalue weighted by atomic mass is 32.2. The number of aryl methyl sites for hydroxylation is 2. The van der Waals surface area contributed by atoms with E-state index in [2.05, 4.69) is 21.9 Å². The number of nitrogens with zero attached hydrogens (tertiary/aromatic N) is 2. The summed E-state index contributed by atoms with van der Waals surface area (Å²) < 4.78 is 30.8. The van der Waals surface area contributed by atoms with Gasteiger partial charge in [0.15, 0.2) is 5.82 Å². The van der Waals surface area contributed by atoms with Crippen molar-refractivity contribution in [1.29, 1.82) is 0 Å². The van der Waals surface area contributed by atoms with Crippen LogP contribution in [0.4, 0.5) is 5.82 Å². The van der Waals surface area contributed by atoms with Gasteiger partial charge >= 0.3 is 5.69 Å². The molecule has 0 saturated heterocycles. The van der Waals surface area contributed by atoms with Crippen LogP contribution >= 0.6 is 23.1 Å². The van der Waals surface area contributed by atoms with Crippen molar-refractivity contribution >= 4 is 44.8 Å². The minimum absolute atomic E-state index is 0.0293. The zero-order chi connectivity index (χ0) is 25.6. The number of nitrogens with one attached hydrogen (secondary N) is 2. The summed E-state index contributed by atoms with van der Waals surface area (Å²) in [5.41, 5.74) is 1.62. The molecular weight excluding hydrogens is 504 g/mol. The largest absolute Gasteiger partial charge is 0.356 e. The van der Waals surface area contributed by atoms with Crippen molar-refractivity contribution in [3.05, 3.63) is 50.9 Å². The van der Waals surface area contributed by atoms with Crippen LogP contribution in [0.25, 0.3) is 5.69 Å². The maximum Gasteiger partial charge on any atom is 0.354 e. The van der Waals surface area contributed by atoms with E-state index in [1.54, 1.807) is 12.1 Å². The minimum atomic E-state index is -3.91. The van der Waals surface area contributed by atoms with Gasteiger partial charge in [0.25, 0.3) is 10.0 Å². The lowest BCUT2D eigenvalue weighted by molar-refractivity contribution is -0.121. The van der Waals surface area contributed by atoms with Crippen molar-refractivity contribution in [1.82, 2.24) is 14.9 Å². The van der Waals surface area contributed by atoms with Crippen molar-refractivity contribution in [2.24, 2.45) is 0 Å². The average molecular weight is 537 g/mol. The maximum absolute atomic E-state index is 13.0. The standard InChI is InChI=1S/C24H32N4O4S3/c1-5-6-7-9-20(29)25-14-8-15-33-23-21-22(26-24(30)28(21)17(3)18(4)34-23)27-35(31,32)19-12-10-16(2)11-13-19/h10-13H,5-9,14-15H2,1-4H3,(H,25,29)(H,26,27,30). The Morgan fingerprint density at radius 3 is 2.51 bits per heavy atom. The summed E-state index contributed by atoms with van der Waals surface area (Å²) in [6.45, 7) is 8.31. The third-order valence-corrected chi connectivity index (χ3v) is 9.46. The number of carbonyl (C=O) groups is 1. The molecule has 2 heterocycles. The zero-order valence-corrected chi connectivity index (χ0v) is 23.0. The fourth-order valence-corrected chi connectivity index (χ4v) is 6.95. The summed E-state index contributed by atoms with van der Waals surface area (Å²) in [5, 5.41) is 2.95. The second-order valence-corrected chi connectivity index (χ2v) is 12.7. The Morgan fingerprint density at radius 1 is 1.11 bits per heavy atom. The molecule has 2 aliphatic heterocycles. The summed E-state index contributed by atoms with van der Waals surface area (Å²) in [6.07, 6.45) is 4.33. The van der Waals surface area contributed by atoms with Gasteiger partial charge in [0.1, 0.15) is 5.69 Å². The number of imidazole rings is 1. The van der Waals surface area contributed by atoms with Crippen LogP contribution in [0.1, 0.15) is 55.2 Å². The monoisotopic (exact) mass is 536 g/mol. The summed E-state index contributed by atoms with van der Waals surface area (Å²) in [7, 11) is -3.91. The fraction of sp³-hybridized carbons (Fsp3) is 0.458. The third kappa shape index (κ3) is 6.86. The van der Waals surface area contributed by atoms with Crippen molar-refractivity contribution in [3.63, 3.8) is 0 Å². The second-order valence-electron chi connectivity index (χ2n) is 8.39. The molecule has 0 radical (unpaired) electrons. The molecule has 8 nitrogen and oxygen atoms in total. The van der Waals surface area contributed by atoms with E-state index in [9.17, 15) is 18.0 Å². The van der Waals surface area contributed by atoms with E-state index in [0.717, 1.165) is 46.0 Å². The van der Waals surface area contributed by atoms with Crippen LogP contribution in [0.2, 0.25) is 0 Å². The van der Waals surface area contributed by atoms with Gasteiger partial charge < -0.3 is 5.32 Å². The number of carbonyl (C=O) groups excluding carboxylic acids is 1. The van der Waals surface area contributed by atoms with E-state index in [-0.39, 0.29) is 16.6 Å². The Morgan fingerprint density at radius 2 is 1.83 bits per heavy atom. The van der Waals surface area contributed by atoms with Crippen LogP contribution in [0.15, 0.2) is 38.2 Å². The van der Waals surface area contributed by atoms with Crippen LogP contribution in [0.5, 0.6) is 0 Å². The number of rotatable bonds is 12. The molecule has 2 N–H and O–H groups in total. The first-order valence-electron chi connectivity index (χ1n) is 11.7. The molecule has 1 amide bonds. The molecule has 0 bridgehead atoms. The number of thioether (sulfide) groups is 1. The number of hydrogen-bond acceptors (Lipinski definition) is 7. The molecule has 190 valence electrons. The predicted octanol–water partition coefficient (Wildman–Crippen LogP) is 4.64. The van der Waals surface area contributed by atoms with Crippen molar-refractivity contribution in [3.8, 4) is 5.69 Å². The van der Waals surface area contributed by atoms with E-state index in [4.69, 9.17) is 0 Å².